The Kier molecular flexibility index (Phi) is 5.88. The molecule has 0 aliphatic carbocycles. The van der Waals surface area contributed by atoms with Gasteiger partial charge in [0, 0.05) is 13.7 Å². The molecule has 1 atom stereocenters. The van der Waals surface area contributed by atoms with Crippen molar-refractivity contribution in [2.75, 3.05) is 20.3 Å². The monoisotopic (exact) mass is 341 g/mol. The van der Waals surface area contributed by atoms with Gasteiger partial charge in [0.1, 0.15) is 4.90 Å². The summed E-state index contributed by atoms with van der Waals surface area (Å²) < 4.78 is 31.2. The number of nitrogens with one attached hydrogen (secondary N) is 1. The highest BCUT2D eigenvalue weighted by Crippen LogP contribution is 2.20. The molecule has 1 N–H and O–H groups in total. The predicted octanol–water partition coefficient (Wildman–Crippen LogP) is 2.03. The second-order valence-corrected chi connectivity index (χ2v) is 6.77. The number of sulfonamides is 1. The first-order chi connectivity index (χ1) is 7.97. The lowest BCUT2D eigenvalue weighted by atomic mass is 10.4. The van der Waals surface area contributed by atoms with Gasteiger partial charge in [-0.2, -0.15) is 0 Å². The van der Waals surface area contributed by atoms with Crippen LogP contribution in [0.4, 0.5) is 0 Å². The van der Waals surface area contributed by atoms with Crippen LogP contribution in [0.2, 0.25) is 5.02 Å². The number of hydrogen-bond donors (Lipinski definition) is 1. The third-order valence-corrected chi connectivity index (χ3v) is 4.48. The van der Waals surface area contributed by atoms with E-state index in [-0.39, 0.29) is 21.3 Å². The molecule has 0 spiro atoms. The third-order valence-electron chi connectivity index (χ3n) is 1.97. The number of alkyl halides is 1. The van der Waals surface area contributed by atoms with E-state index in [0.29, 0.717) is 6.61 Å². The molecule has 1 unspecified atom stereocenters. The second kappa shape index (κ2) is 6.70. The summed E-state index contributed by atoms with van der Waals surface area (Å²) in [5.41, 5.74) is 0. The van der Waals surface area contributed by atoms with Crippen molar-refractivity contribution in [3.8, 4) is 0 Å². The SMILES string of the molecule is COCC(Br)CNS(=O)(=O)c1ccccc1Cl. The molecule has 4 nitrogen and oxygen atoms in total. The van der Waals surface area contributed by atoms with Gasteiger partial charge in [-0.05, 0) is 12.1 Å². The average molecular weight is 343 g/mol. The molecule has 0 saturated heterocycles. The Balaban J connectivity index is 2.73. The van der Waals surface area contributed by atoms with Crippen LogP contribution in [-0.4, -0.2) is 33.5 Å². The molecule has 1 aromatic carbocycles. The fourth-order valence-corrected chi connectivity index (χ4v) is 3.42. The number of benzene rings is 1. The van der Waals surface area contributed by atoms with Crippen LogP contribution in [0, 0.1) is 0 Å². The van der Waals surface area contributed by atoms with Crippen LogP contribution in [0.15, 0.2) is 29.2 Å². The molecule has 1 aromatic rings. The van der Waals surface area contributed by atoms with E-state index < -0.39 is 10.0 Å². The molecule has 17 heavy (non-hydrogen) atoms. The Morgan fingerprint density at radius 3 is 2.71 bits per heavy atom. The van der Waals surface area contributed by atoms with Crippen molar-refractivity contribution in [1.29, 1.82) is 0 Å². The topological polar surface area (TPSA) is 55.4 Å². The van der Waals surface area contributed by atoms with Gasteiger partial charge in [0.15, 0.2) is 0 Å². The molecule has 0 aliphatic rings. The maximum atomic E-state index is 11.9. The maximum Gasteiger partial charge on any atom is 0.242 e. The van der Waals surface area contributed by atoms with Gasteiger partial charge in [-0.1, -0.05) is 39.7 Å². The first-order valence-electron chi connectivity index (χ1n) is 4.84. The number of rotatable bonds is 6. The summed E-state index contributed by atoms with van der Waals surface area (Å²) >= 11 is 9.13. The first kappa shape index (κ1) is 14.9. The molecule has 0 heterocycles. The van der Waals surface area contributed by atoms with E-state index in [1.54, 1.807) is 19.2 Å². The van der Waals surface area contributed by atoms with Gasteiger partial charge in [-0.25, -0.2) is 13.1 Å². The van der Waals surface area contributed by atoms with Gasteiger partial charge in [0.25, 0.3) is 0 Å². The Bertz CT molecular complexity index is 466. The zero-order valence-corrected chi connectivity index (χ0v) is 12.3. The van der Waals surface area contributed by atoms with E-state index >= 15 is 0 Å². The summed E-state index contributed by atoms with van der Waals surface area (Å²) in [7, 11) is -2.02. The van der Waals surface area contributed by atoms with Crippen LogP contribution in [0.3, 0.4) is 0 Å². The van der Waals surface area contributed by atoms with Crippen molar-refractivity contribution in [3.63, 3.8) is 0 Å². The van der Waals surface area contributed by atoms with Crippen LogP contribution in [0.25, 0.3) is 0 Å². The summed E-state index contributed by atoms with van der Waals surface area (Å²) in [6.07, 6.45) is 0. The standard InChI is InChI=1S/C10H13BrClNO3S/c1-16-7-8(11)6-13-17(14,15)10-5-3-2-4-9(10)12/h2-5,8,13H,6-7H2,1H3. The fourth-order valence-electron chi connectivity index (χ4n) is 1.18. The molecule has 0 aromatic heterocycles. The van der Waals surface area contributed by atoms with E-state index in [2.05, 4.69) is 20.7 Å². The minimum absolute atomic E-state index is 0.0789. The van der Waals surface area contributed by atoms with Crippen LogP contribution >= 0.6 is 27.5 Å². The van der Waals surface area contributed by atoms with Gasteiger partial charge in [-0.15, -0.1) is 0 Å². The van der Waals surface area contributed by atoms with Gasteiger partial charge in [0.05, 0.1) is 16.5 Å². The van der Waals surface area contributed by atoms with Gasteiger partial charge in [0.2, 0.25) is 10.0 Å². The van der Waals surface area contributed by atoms with Gasteiger partial charge < -0.3 is 4.74 Å². The van der Waals surface area contributed by atoms with E-state index in [9.17, 15) is 8.42 Å². The van der Waals surface area contributed by atoms with E-state index in [0.717, 1.165) is 0 Å². The molecule has 1 rings (SSSR count). The van der Waals surface area contributed by atoms with E-state index in [1.807, 2.05) is 0 Å². The number of ether oxygens (including phenoxy) is 1. The lowest BCUT2D eigenvalue weighted by Crippen LogP contribution is -2.31. The second-order valence-electron chi connectivity index (χ2n) is 3.33. The summed E-state index contributed by atoms with van der Waals surface area (Å²) in [5.74, 6) is 0. The summed E-state index contributed by atoms with van der Waals surface area (Å²) in [5, 5.41) is 0.206. The van der Waals surface area contributed by atoms with Crippen molar-refractivity contribution < 1.29 is 13.2 Å². The molecule has 0 amide bonds. The van der Waals surface area contributed by atoms with Crippen LogP contribution in [-0.2, 0) is 14.8 Å². The largest absolute Gasteiger partial charge is 0.383 e. The van der Waals surface area contributed by atoms with Gasteiger partial charge in [-0.3, -0.25) is 0 Å². The summed E-state index contributed by atoms with van der Waals surface area (Å²) in [4.78, 5) is 0.00328. The Labute approximate surface area is 114 Å². The van der Waals surface area contributed by atoms with Crippen LogP contribution < -0.4 is 4.72 Å². The Morgan fingerprint density at radius 2 is 2.12 bits per heavy atom. The maximum absolute atomic E-state index is 11.9. The predicted molar refractivity (Wildman–Crippen MR) is 71.2 cm³/mol. The van der Waals surface area contributed by atoms with Gasteiger partial charge >= 0.3 is 0 Å². The quantitative estimate of drug-likeness (QED) is 0.805. The molecule has 0 bridgehead atoms. The number of methoxy groups -OCH3 is 1. The van der Waals surface area contributed by atoms with Crippen molar-refractivity contribution >= 4 is 37.6 Å². The normalized spacial score (nSPS) is 13.6. The average Bonchev–Trinajstić information content (AvgIpc) is 2.27. The minimum atomic E-state index is -3.57. The molecular weight excluding hydrogens is 330 g/mol. The molecule has 7 heteroatoms. The first-order valence-corrected chi connectivity index (χ1v) is 7.62. The summed E-state index contributed by atoms with van der Waals surface area (Å²) in [6.45, 7) is 0.659. The lowest BCUT2D eigenvalue weighted by molar-refractivity contribution is 0.201. The van der Waals surface area contributed by atoms with Crippen molar-refractivity contribution in [1.82, 2.24) is 4.72 Å². The van der Waals surface area contributed by atoms with Crippen LogP contribution in [0.1, 0.15) is 0 Å². The van der Waals surface area contributed by atoms with Crippen molar-refractivity contribution in [2.24, 2.45) is 0 Å². The Morgan fingerprint density at radius 1 is 1.47 bits per heavy atom. The zero-order chi connectivity index (χ0) is 12.9. The highest BCUT2D eigenvalue weighted by molar-refractivity contribution is 9.09. The number of hydrogen-bond acceptors (Lipinski definition) is 3. The lowest BCUT2D eigenvalue weighted by Gasteiger charge is -2.11. The molecule has 0 fully saturated rings. The van der Waals surface area contributed by atoms with E-state index in [4.69, 9.17) is 16.3 Å². The molecule has 0 aliphatic heterocycles. The number of halogens is 2. The van der Waals surface area contributed by atoms with Crippen molar-refractivity contribution in [2.45, 2.75) is 9.72 Å². The highest BCUT2D eigenvalue weighted by atomic mass is 79.9. The highest BCUT2D eigenvalue weighted by Gasteiger charge is 2.18. The minimum Gasteiger partial charge on any atom is -0.383 e. The summed E-state index contributed by atoms with van der Waals surface area (Å²) in [6, 6.07) is 6.31. The fraction of sp³-hybridized carbons (Fsp3) is 0.400. The van der Waals surface area contributed by atoms with Crippen molar-refractivity contribution in [3.05, 3.63) is 29.3 Å². The molecular formula is C10H13BrClNO3S. The Hall–Kier alpha value is -0.140. The zero-order valence-electron chi connectivity index (χ0n) is 9.19. The molecule has 96 valence electrons. The third kappa shape index (κ3) is 4.56. The molecule has 0 saturated carbocycles. The smallest absolute Gasteiger partial charge is 0.242 e. The molecule has 0 radical (unpaired) electrons. The van der Waals surface area contributed by atoms with E-state index in [1.165, 1.54) is 12.1 Å². The van der Waals surface area contributed by atoms with Crippen LogP contribution in [0.5, 0.6) is 0 Å².